The lowest BCUT2D eigenvalue weighted by molar-refractivity contribution is 0.414. The molecule has 1 aliphatic heterocycles. The van der Waals surface area contributed by atoms with Crippen molar-refractivity contribution >= 4 is 20.8 Å². The minimum atomic E-state index is -3.84. The van der Waals surface area contributed by atoms with E-state index in [4.69, 9.17) is 4.74 Å². The zero-order valence-electron chi connectivity index (χ0n) is 16.2. The van der Waals surface area contributed by atoms with Crippen molar-refractivity contribution in [2.75, 3.05) is 7.11 Å². The van der Waals surface area contributed by atoms with Crippen LogP contribution in [0.4, 0.5) is 0 Å². The zero-order valence-corrected chi connectivity index (χ0v) is 17.0. The highest BCUT2D eigenvalue weighted by atomic mass is 32.2. The fourth-order valence-electron chi connectivity index (χ4n) is 4.09. The monoisotopic (exact) mass is 417 g/mol. The van der Waals surface area contributed by atoms with E-state index in [2.05, 4.69) is 4.72 Å². The third-order valence-electron chi connectivity index (χ3n) is 5.55. The van der Waals surface area contributed by atoms with Crippen molar-refractivity contribution in [2.24, 2.45) is 0 Å². The van der Waals surface area contributed by atoms with Crippen molar-refractivity contribution in [1.29, 1.82) is 0 Å². The van der Waals surface area contributed by atoms with E-state index in [0.29, 0.717) is 27.8 Å². The number of hydrogen-bond donors (Lipinski definition) is 2. The first-order chi connectivity index (χ1) is 14.5. The molecule has 0 fully saturated rings. The maximum atomic E-state index is 13.3. The Bertz CT molecular complexity index is 1400. The Morgan fingerprint density at radius 3 is 2.47 bits per heavy atom. The van der Waals surface area contributed by atoms with E-state index >= 15 is 0 Å². The van der Waals surface area contributed by atoms with Gasteiger partial charge in [0.25, 0.3) is 0 Å². The van der Waals surface area contributed by atoms with E-state index in [1.54, 1.807) is 31.4 Å². The summed E-state index contributed by atoms with van der Waals surface area (Å²) in [4.78, 5) is 0.208. The van der Waals surface area contributed by atoms with Crippen molar-refractivity contribution in [1.82, 2.24) is 4.72 Å². The van der Waals surface area contributed by atoms with Gasteiger partial charge in [-0.05, 0) is 34.7 Å². The van der Waals surface area contributed by atoms with Crippen molar-refractivity contribution in [2.45, 2.75) is 10.9 Å². The molecule has 6 heteroatoms. The van der Waals surface area contributed by atoms with Crippen molar-refractivity contribution in [3.63, 3.8) is 0 Å². The summed E-state index contributed by atoms with van der Waals surface area (Å²) in [6, 6.07) is 22.7. The summed E-state index contributed by atoms with van der Waals surface area (Å²) in [7, 11) is -2.27. The summed E-state index contributed by atoms with van der Waals surface area (Å²) in [5, 5.41) is 12.6. The Kier molecular flexibility index (Phi) is 4.27. The molecular weight excluding hydrogens is 398 g/mol. The molecule has 0 aliphatic carbocycles. The number of ether oxygens (including phenoxy) is 1. The number of nitrogens with one attached hydrogen (secondary N) is 1. The van der Waals surface area contributed by atoms with Crippen LogP contribution in [0, 0.1) is 0 Å². The van der Waals surface area contributed by atoms with E-state index in [0.717, 1.165) is 10.9 Å². The molecule has 5 nitrogen and oxygen atoms in total. The largest absolute Gasteiger partial charge is 0.507 e. The SMILES string of the molecule is COc1ccc2c(c1)C(c1ccc3ccccc3c1O)NS(=O)(=O)c1ccccc1-2. The maximum absolute atomic E-state index is 13.3. The fourth-order valence-corrected chi connectivity index (χ4v) is 5.51. The molecule has 0 amide bonds. The van der Waals surface area contributed by atoms with Gasteiger partial charge in [0, 0.05) is 16.5 Å². The normalized spacial score (nSPS) is 17.0. The number of benzene rings is 4. The summed E-state index contributed by atoms with van der Waals surface area (Å²) < 4.78 is 34.7. The average molecular weight is 417 g/mol. The molecule has 0 bridgehead atoms. The van der Waals surface area contributed by atoms with Crippen LogP contribution in [0.3, 0.4) is 0 Å². The zero-order chi connectivity index (χ0) is 20.9. The molecular formula is C24H19NO4S. The van der Waals surface area contributed by atoms with Gasteiger partial charge in [-0.25, -0.2) is 8.42 Å². The predicted octanol–water partition coefficient (Wildman–Crippen LogP) is 4.60. The van der Waals surface area contributed by atoms with E-state index in [-0.39, 0.29) is 10.6 Å². The second-order valence-corrected chi connectivity index (χ2v) is 8.91. The standard InChI is InChI=1S/C24H19NO4S/c1-29-16-11-13-18-19-8-4-5-9-22(19)30(27,28)25-23(21(18)14-16)20-12-10-15-6-2-3-7-17(15)24(20)26/h2-14,23,25-26H,1H3. The molecule has 2 N–H and O–H groups in total. The number of rotatable bonds is 2. The van der Waals surface area contributed by atoms with Crippen LogP contribution in [0.2, 0.25) is 0 Å². The highest BCUT2D eigenvalue weighted by molar-refractivity contribution is 7.89. The van der Waals surface area contributed by atoms with Crippen LogP contribution in [0.5, 0.6) is 11.5 Å². The summed E-state index contributed by atoms with van der Waals surface area (Å²) >= 11 is 0. The second kappa shape index (κ2) is 6.86. The lowest BCUT2D eigenvalue weighted by Gasteiger charge is -2.21. The number of methoxy groups -OCH3 is 1. The Labute approximate surface area is 174 Å². The molecule has 1 atom stereocenters. The van der Waals surface area contributed by atoms with E-state index in [9.17, 15) is 13.5 Å². The van der Waals surface area contributed by atoms with Crippen LogP contribution in [-0.4, -0.2) is 20.6 Å². The van der Waals surface area contributed by atoms with Gasteiger partial charge in [-0.2, -0.15) is 4.72 Å². The van der Waals surface area contributed by atoms with Gasteiger partial charge in [-0.1, -0.05) is 60.7 Å². The minimum Gasteiger partial charge on any atom is -0.507 e. The van der Waals surface area contributed by atoms with Crippen molar-refractivity contribution in [3.05, 3.63) is 90.0 Å². The van der Waals surface area contributed by atoms with Gasteiger partial charge in [-0.3, -0.25) is 0 Å². The van der Waals surface area contributed by atoms with Crippen LogP contribution in [0.15, 0.2) is 83.8 Å². The summed E-state index contributed by atoms with van der Waals surface area (Å²) in [6.45, 7) is 0. The van der Waals surface area contributed by atoms with Gasteiger partial charge < -0.3 is 9.84 Å². The van der Waals surface area contributed by atoms with Crippen LogP contribution >= 0.6 is 0 Å². The number of hydrogen-bond acceptors (Lipinski definition) is 4. The van der Waals surface area contributed by atoms with Gasteiger partial charge in [0.1, 0.15) is 11.5 Å². The first kappa shape index (κ1) is 18.7. The number of sulfonamides is 1. The first-order valence-corrected chi connectivity index (χ1v) is 11.0. The second-order valence-electron chi connectivity index (χ2n) is 7.23. The molecule has 0 saturated carbocycles. The molecule has 0 spiro atoms. The van der Waals surface area contributed by atoms with Crippen molar-refractivity contribution in [3.8, 4) is 22.6 Å². The van der Waals surface area contributed by atoms with Gasteiger partial charge in [0.15, 0.2) is 0 Å². The highest BCUT2D eigenvalue weighted by Gasteiger charge is 2.33. The van der Waals surface area contributed by atoms with Gasteiger partial charge >= 0.3 is 0 Å². The molecule has 0 saturated heterocycles. The lowest BCUT2D eigenvalue weighted by atomic mass is 9.90. The van der Waals surface area contributed by atoms with Crippen LogP contribution < -0.4 is 9.46 Å². The van der Waals surface area contributed by atoms with Crippen LogP contribution in [0.25, 0.3) is 21.9 Å². The topological polar surface area (TPSA) is 75.6 Å². The molecule has 1 aliphatic rings. The third kappa shape index (κ3) is 2.84. The quantitative estimate of drug-likeness (QED) is 0.500. The Balaban J connectivity index is 1.83. The fraction of sp³-hybridized carbons (Fsp3) is 0.0833. The van der Waals surface area contributed by atoms with E-state index < -0.39 is 16.1 Å². The molecule has 0 radical (unpaired) electrons. The first-order valence-electron chi connectivity index (χ1n) is 9.50. The van der Waals surface area contributed by atoms with Gasteiger partial charge in [-0.15, -0.1) is 0 Å². The molecule has 4 aromatic rings. The molecule has 1 unspecified atom stereocenters. The summed E-state index contributed by atoms with van der Waals surface area (Å²) in [5.74, 6) is 0.665. The third-order valence-corrected chi connectivity index (χ3v) is 7.03. The minimum absolute atomic E-state index is 0.0560. The Hall–Kier alpha value is -3.35. The summed E-state index contributed by atoms with van der Waals surface area (Å²) in [5.41, 5.74) is 2.59. The number of phenols is 1. The molecule has 0 aromatic heterocycles. The smallest absolute Gasteiger partial charge is 0.242 e. The maximum Gasteiger partial charge on any atom is 0.242 e. The van der Waals surface area contributed by atoms with Crippen molar-refractivity contribution < 1.29 is 18.3 Å². The number of fused-ring (bicyclic) bond motifs is 4. The molecule has 5 rings (SSSR count). The van der Waals surface area contributed by atoms with Gasteiger partial charge in [0.2, 0.25) is 10.0 Å². The average Bonchev–Trinajstić information content (AvgIpc) is 2.87. The molecule has 1 heterocycles. The highest BCUT2D eigenvalue weighted by Crippen LogP contribution is 2.44. The lowest BCUT2D eigenvalue weighted by Crippen LogP contribution is -2.28. The van der Waals surface area contributed by atoms with Crippen LogP contribution in [0.1, 0.15) is 17.2 Å². The van der Waals surface area contributed by atoms with Gasteiger partial charge in [0.05, 0.1) is 18.0 Å². The number of phenolic OH excluding ortho intramolecular Hbond substituents is 1. The van der Waals surface area contributed by atoms with Crippen LogP contribution in [-0.2, 0) is 10.0 Å². The van der Waals surface area contributed by atoms with E-state index in [1.807, 2.05) is 54.6 Å². The predicted molar refractivity (Wildman–Crippen MR) is 116 cm³/mol. The molecule has 30 heavy (non-hydrogen) atoms. The van der Waals surface area contributed by atoms with E-state index in [1.165, 1.54) is 0 Å². The summed E-state index contributed by atoms with van der Waals surface area (Å²) in [6.07, 6.45) is 0. The molecule has 150 valence electrons. The Morgan fingerprint density at radius 1 is 0.867 bits per heavy atom. The number of aromatic hydroxyl groups is 1. The molecule has 4 aromatic carbocycles. The Morgan fingerprint density at radius 2 is 1.63 bits per heavy atom.